The van der Waals surface area contributed by atoms with Crippen molar-refractivity contribution in [3.8, 4) is 0 Å². The zero-order valence-corrected chi connectivity index (χ0v) is 10.3. The van der Waals surface area contributed by atoms with Gasteiger partial charge in [-0.25, -0.2) is 4.98 Å². The summed E-state index contributed by atoms with van der Waals surface area (Å²) in [6.07, 6.45) is 1.51. The molecule has 0 aliphatic rings. The Labute approximate surface area is 100.0 Å². The number of anilines is 1. The smallest absolute Gasteiger partial charge is 0.325 e. The van der Waals surface area contributed by atoms with Crippen molar-refractivity contribution in [2.45, 2.75) is 26.4 Å². The number of nitrogens with one attached hydrogen (secondary N) is 1. The van der Waals surface area contributed by atoms with E-state index in [1.807, 2.05) is 20.8 Å². The van der Waals surface area contributed by atoms with Crippen molar-refractivity contribution in [1.29, 1.82) is 0 Å². The molecule has 1 rings (SSSR count). The highest BCUT2D eigenvalue weighted by atomic mass is 35.5. The Kier molecular flexibility index (Phi) is 4.12. The molecule has 0 aromatic carbocycles. The molecule has 0 radical (unpaired) electrons. The maximum atomic E-state index is 11.4. The highest BCUT2D eigenvalue weighted by molar-refractivity contribution is 6.30. The van der Waals surface area contributed by atoms with Gasteiger partial charge in [-0.3, -0.25) is 4.79 Å². The number of pyridine rings is 1. The highest BCUT2D eigenvalue weighted by Gasteiger charge is 2.15. The molecule has 16 heavy (non-hydrogen) atoms. The molecule has 88 valence electrons. The summed E-state index contributed by atoms with van der Waals surface area (Å²) < 4.78 is 5.13. The Bertz CT molecular complexity index is 357. The zero-order chi connectivity index (χ0) is 12.2. The Balaban J connectivity index is 2.40. The van der Waals surface area contributed by atoms with Gasteiger partial charge < -0.3 is 10.1 Å². The number of hydrogen-bond donors (Lipinski definition) is 1. The van der Waals surface area contributed by atoms with Crippen LogP contribution in [0.1, 0.15) is 20.8 Å². The lowest BCUT2D eigenvalue weighted by atomic mass is 10.2. The van der Waals surface area contributed by atoms with Crippen LogP contribution in [0.25, 0.3) is 0 Å². The van der Waals surface area contributed by atoms with Gasteiger partial charge in [-0.1, -0.05) is 11.6 Å². The molecule has 1 N–H and O–H groups in total. The molecule has 1 aromatic heterocycles. The molecule has 0 aliphatic carbocycles. The summed E-state index contributed by atoms with van der Waals surface area (Å²) in [5.74, 6) is 0.277. The number of halogens is 1. The maximum Gasteiger partial charge on any atom is 0.325 e. The first-order valence-corrected chi connectivity index (χ1v) is 5.32. The molecule has 0 amide bonds. The average molecular weight is 243 g/mol. The third kappa shape index (κ3) is 4.98. The van der Waals surface area contributed by atoms with E-state index in [1.54, 1.807) is 12.1 Å². The lowest BCUT2D eigenvalue weighted by molar-refractivity contribution is -0.152. The minimum Gasteiger partial charge on any atom is -0.459 e. The molecular formula is C11H15ClN2O2. The van der Waals surface area contributed by atoms with Crippen LogP contribution >= 0.6 is 11.6 Å². The van der Waals surface area contributed by atoms with E-state index in [4.69, 9.17) is 16.3 Å². The Morgan fingerprint density at radius 3 is 2.69 bits per heavy atom. The van der Waals surface area contributed by atoms with Crippen molar-refractivity contribution in [3.63, 3.8) is 0 Å². The number of hydrogen-bond acceptors (Lipinski definition) is 4. The predicted octanol–water partition coefficient (Wildman–Crippen LogP) is 2.49. The first kappa shape index (κ1) is 12.8. The van der Waals surface area contributed by atoms with E-state index in [0.29, 0.717) is 10.8 Å². The fraction of sp³-hybridized carbons (Fsp3) is 0.455. The van der Waals surface area contributed by atoms with Gasteiger partial charge in [0.15, 0.2) is 0 Å². The van der Waals surface area contributed by atoms with Crippen molar-refractivity contribution in [3.05, 3.63) is 23.4 Å². The summed E-state index contributed by atoms with van der Waals surface area (Å²) in [5.41, 5.74) is -0.466. The highest BCUT2D eigenvalue weighted by Crippen LogP contribution is 2.10. The van der Waals surface area contributed by atoms with Gasteiger partial charge in [0.1, 0.15) is 18.0 Å². The normalized spacial score (nSPS) is 11.0. The van der Waals surface area contributed by atoms with Crippen LogP contribution in [0.15, 0.2) is 18.3 Å². The summed E-state index contributed by atoms with van der Waals surface area (Å²) in [5, 5.41) is 3.41. The molecular weight excluding hydrogens is 228 g/mol. The number of ether oxygens (including phenoxy) is 1. The quantitative estimate of drug-likeness (QED) is 0.828. The molecule has 0 spiro atoms. The van der Waals surface area contributed by atoms with Crippen LogP contribution in [-0.2, 0) is 9.53 Å². The third-order valence-electron chi connectivity index (χ3n) is 1.56. The van der Waals surface area contributed by atoms with Gasteiger partial charge in [0.2, 0.25) is 0 Å². The average Bonchev–Trinajstić information content (AvgIpc) is 2.14. The van der Waals surface area contributed by atoms with Crippen LogP contribution in [0.5, 0.6) is 0 Å². The van der Waals surface area contributed by atoms with Gasteiger partial charge in [-0.15, -0.1) is 0 Å². The van der Waals surface area contributed by atoms with E-state index < -0.39 is 5.60 Å². The SMILES string of the molecule is CC(C)(C)OC(=O)CNc1ccc(Cl)cn1. The van der Waals surface area contributed by atoms with Crippen LogP contribution in [0.2, 0.25) is 5.02 Å². The molecule has 0 fully saturated rings. The molecule has 0 saturated heterocycles. The van der Waals surface area contributed by atoms with Crippen molar-refractivity contribution in [2.24, 2.45) is 0 Å². The first-order valence-electron chi connectivity index (χ1n) is 4.94. The van der Waals surface area contributed by atoms with Gasteiger partial charge in [0, 0.05) is 6.20 Å². The summed E-state index contributed by atoms with van der Waals surface area (Å²) in [6, 6.07) is 3.40. The van der Waals surface area contributed by atoms with E-state index in [2.05, 4.69) is 10.3 Å². The van der Waals surface area contributed by atoms with Crippen LogP contribution < -0.4 is 5.32 Å². The van der Waals surface area contributed by atoms with E-state index in [1.165, 1.54) is 6.20 Å². The summed E-state index contributed by atoms with van der Waals surface area (Å²) in [4.78, 5) is 15.4. The second kappa shape index (κ2) is 5.16. The number of carbonyl (C=O) groups is 1. The monoisotopic (exact) mass is 242 g/mol. The molecule has 1 aromatic rings. The maximum absolute atomic E-state index is 11.4. The topological polar surface area (TPSA) is 51.2 Å². The fourth-order valence-electron chi connectivity index (χ4n) is 1.02. The molecule has 4 nitrogen and oxygen atoms in total. The standard InChI is InChI=1S/C11H15ClN2O2/c1-11(2,3)16-10(15)7-14-9-5-4-8(12)6-13-9/h4-6H,7H2,1-3H3,(H,13,14). The van der Waals surface area contributed by atoms with E-state index in [0.717, 1.165) is 0 Å². The Morgan fingerprint density at radius 1 is 1.50 bits per heavy atom. The molecule has 0 aliphatic heterocycles. The number of carbonyl (C=O) groups excluding carboxylic acids is 1. The summed E-state index contributed by atoms with van der Waals surface area (Å²) >= 11 is 5.68. The van der Waals surface area contributed by atoms with Crippen LogP contribution in [0.3, 0.4) is 0 Å². The van der Waals surface area contributed by atoms with Crippen LogP contribution in [0, 0.1) is 0 Å². The predicted molar refractivity (Wildman–Crippen MR) is 63.6 cm³/mol. The first-order chi connectivity index (χ1) is 7.37. The Hall–Kier alpha value is -1.29. The molecule has 5 heteroatoms. The number of rotatable bonds is 3. The summed E-state index contributed by atoms with van der Waals surface area (Å²) in [7, 11) is 0. The van der Waals surface area contributed by atoms with Crippen molar-refractivity contribution in [2.75, 3.05) is 11.9 Å². The van der Waals surface area contributed by atoms with E-state index in [-0.39, 0.29) is 12.5 Å². The summed E-state index contributed by atoms with van der Waals surface area (Å²) in [6.45, 7) is 5.56. The van der Waals surface area contributed by atoms with Crippen LogP contribution in [-0.4, -0.2) is 23.1 Å². The molecule has 1 heterocycles. The van der Waals surface area contributed by atoms with Gasteiger partial charge in [0.25, 0.3) is 0 Å². The number of esters is 1. The van der Waals surface area contributed by atoms with Crippen LogP contribution in [0.4, 0.5) is 5.82 Å². The van der Waals surface area contributed by atoms with E-state index >= 15 is 0 Å². The second-order valence-corrected chi connectivity index (χ2v) is 4.74. The van der Waals surface area contributed by atoms with Gasteiger partial charge >= 0.3 is 5.97 Å². The van der Waals surface area contributed by atoms with Gasteiger partial charge in [-0.2, -0.15) is 0 Å². The largest absolute Gasteiger partial charge is 0.459 e. The number of aromatic nitrogens is 1. The van der Waals surface area contributed by atoms with Gasteiger partial charge in [-0.05, 0) is 32.9 Å². The van der Waals surface area contributed by atoms with Crippen molar-refractivity contribution in [1.82, 2.24) is 4.98 Å². The Morgan fingerprint density at radius 2 is 2.19 bits per heavy atom. The second-order valence-electron chi connectivity index (χ2n) is 4.30. The third-order valence-corrected chi connectivity index (χ3v) is 1.78. The lowest BCUT2D eigenvalue weighted by Crippen LogP contribution is -2.28. The molecule has 0 saturated carbocycles. The van der Waals surface area contributed by atoms with E-state index in [9.17, 15) is 4.79 Å². The molecule has 0 atom stereocenters. The molecule has 0 bridgehead atoms. The fourth-order valence-corrected chi connectivity index (χ4v) is 1.13. The minimum absolute atomic E-state index is 0.0892. The molecule has 0 unspecified atom stereocenters. The van der Waals surface area contributed by atoms with Gasteiger partial charge in [0.05, 0.1) is 5.02 Å². The van der Waals surface area contributed by atoms with Crippen molar-refractivity contribution >= 4 is 23.4 Å². The van der Waals surface area contributed by atoms with Crippen molar-refractivity contribution < 1.29 is 9.53 Å². The zero-order valence-electron chi connectivity index (χ0n) is 9.58. The lowest BCUT2D eigenvalue weighted by Gasteiger charge is -2.19. The number of nitrogens with zero attached hydrogens (tertiary/aromatic N) is 1. The minimum atomic E-state index is -0.466.